The Labute approximate surface area is 181 Å². The molecule has 1 unspecified atom stereocenters. The Morgan fingerprint density at radius 2 is 2.00 bits per heavy atom. The van der Waals surface area contributed by atoms with Crippen molar-refractivity contribution < 1.29 is 0 Å². The van der Waals surface area contributed by atoms with Crippen molar-refractivity contribution in [1.82, 2.24) is 19.5 Å². The van der Waals surface area contributed by atoms with Gasteiger partial charge in [-0.2, -0.15) is 21.4 Å². The third-order valence-electron chi connectivity index (χ3n) is 6.10. The van der Waals surface area contributed by atoms with Crippen molar-refractivity contribution >= 4 is 48.1 Å². The molecule has 3 aromatic rings. The van der Waals surface area contributed by atoms with E-state index in [1.165, 1.54) is 31.0 Å². The molecule has 2 aliphatic heterocycles. The van der Waals surface area contributed by atoms with Crippen molar-refractivity contribution in [2.45, 2.75) is 31.3 Å². The highest BCUT2D eigenvalue weighted by molar-refractivity contribution is 7.99. The zero-order chi connectivity index (χ0) is 19.8. The van der Waals surface area contributed by atoms with Crippen LogP contribution in [0.1, 0.15) is 19.3 Å². The number of nitrogens with one attached hydrogen (secondary N) is 1. The van der Waals surface area contributed by atoms with Crippen molar-refractivity contribution in [2.24, 2.45) is 0 Å². The monoisotopic (exact) mass is 425 g/mol. The van der Waals surface area contributed by atoms with Gasteiger partial charge in [-0.3, -0.25) is 4.90 Å². The van der Waals surface area contributed by atoms with Crippen molar-refractivity contribution in [3.05, 3.63) is 41.6 Å². The first-order valence-corrected chi connectivity index (χ1v) is 11.9. The molecular weight excluding hydrogens is 401 g/mol. The second-order valence-corrected chi connectivity index (χ2v) is 9.60. The van der Waals surface area contributed by atoms with Gasteiger partial charge in [0.05, 0.1) is 5.69 Å². The first-order chi connectivity index (χ1) is 14.2. The molecule has 0 bridgehead atoms. The Hall–Kier alpha value is -1.70. The average Bonchev–Trinajstić information content (AvgIpc) is 3.40. The van der Waals surface area contributed by atoms with Crippen LogP contribution in [0, 0.1) is 0 Å². The molecule has 150 valence electrons. The van der Waals surface area contributed by atoms with Crippen LogP contribution in [0.4, 0.5) is 5.82 Å². The number of fused-ring (bicyclic) bond motifs is 1. The van der Waals surface area contributed by atoms with Gasteiger partial charge >= 0.3 is 0 Å². The molecule has 2 saturated heterocycles. The van der Waals surface area contributed by atoms with Crippen molar-refractivity contribution in [3.8, 4) is 11.3 Å². The summed E-state index contributed by atoms with van der Waals surface area (Å²) < 4.78 is 1.93. The molecule has 5 rings (SSSR count). The summed E-state index contributed by atoms with van der Waals surface area (Å²) in [5.74, 6) is 3.62. The molecule has 1 N–H and O–H groups in total. The largest absolute Gasteiger partial charge is 0.367 e. The topological polar surface area (TPSA) is 45.5 Å². The van der Waals surface area contributed by atoms with Crippen LogP contribution < -0.4 is 10.8 Å². The second kappa shape index (κ2) is 8.21. The van der Waals surface area contributed by atoms with E-state index >= 15 is 0 Å². The molecule has 1 atom stereocenters. The highest BCUT2D eigenvalue weighted by atomic mass is 35.5. The van der Waals surface area contributed by atoms with E-state index in [0.717, 1.165) is 52.1 Å². The average molecular weight is 426 g/mol. The number of piperidine rings is 1. The summed E-state index contributed by atoms with van der Waals surface area (Å²) in [6.45, 7) is 2.35. The van der Waals surface area contributed by atoms with Crippen LogP contribution >= 0.6 is 23.4 Å². The van der Waals surface area contributed by atoms with Crippen LogP contribution in [0.3, 0.4) is 0 Å². The molecular formula is C21H25BClN5S. The number of hydrogen-bond donors (Lipinski definition) is 1. The summed E-state index contributed by atoms with van der Waals surface area (Å²) >= 11 is 8.55. The SMILES string of the molecule is Bc1cnn2c(NC3CCN(C4CCSC4)CC3)cc(-c3ccccc3Cl)nc12. The van der Waals surface area contributed by atoms with Crippen LogP contribution in [-0.4, -0.2) is 64.0 Å². The molecule has 2 aromatic heterocycles. The fourth-order valence-electron chi connectivity index (χ4n) is 4.41. The first-order valence-electron chi connectivity index (χ1n) is 10.4. The van der Waals surface area contributed by atoms with E-state index in [0.29, 0.717) is 6.04 Å². The maximum atomic E-state index is 6.46. The molecule has 4 heterocycles. The zero-order valence-electron chi connectivity index (χ0n) is 16.6. The lowest BCUT2D eigenvalue weighted by Gasteiger charge is -2.36. The number of aromatic nitrogens is 3. The minimum atomic E-state index is 0.453. The summed E-state index contributed by atoms with van der Waals surface area (Å²) in [5.41, 5.74) is 3.78. The predicted octanol–water partition coefficient (Wildman–Crippen LogP) is 2.69. The highest BCUT2D eigenvalue weighted by Crippen LogP contribution is 2.30. The van der Waals surface area contributed by atoms with Gasteiger partial charge in [0.1, 0.15) is 13.7 Å². The fourth-order valence-corrected chi connectivity index (χ4v) is 5.90. The number of benzene rings is 1. The summed E-state index contributed by atoms with van der Waals surface area (Å²) in [7, 11) is 2.05. The van der Waals surface area contributed by atoms with E-state index in [1.54, 1.807) is 0 Å². The van der Waals surface area contributed by atoms with E-state index in [4.69, 9.17) is 16.6 Å². The molecule has 8 heteroatoms. The van der Waals surface area contributed by atoms with E-state index < -0.39 is 0 Å². The van der Waals surface area contributed by atoms with Gasteiger partial charge in [-0.15, -0.1) is 0 Å². The molecule has 0 spiro atoms. The molecule has 0 aliphatic carbocycles. The quantitative estimate of drug-likeness (QED) is 0.651. The maximum Gasteiger partial charge on any atom is 0.151 e. The lowest BCUT2D eigenvalue weighted by molar-refractivity contribution is 0.170. The minimum absolute atomic E-state index is 0.453. The van der Waals surface area contributed by atoms with Gasteiger partial charge in [-0.25, -0.2) is 4.98 Å². The minimum Gasteiger partial charge on any atom is -0.367 e. The van der Waals surface area contributed by atoms with Gasteiger partial charge in [-0.05, 0) is 36.5 Å². The molecule has 0 amide bonds. The third-order valence-corrected chi connectivity index (χ3v) is 7.58. The third kappa shape index (κ3) is 3.88. The Morgan fingerprint density at radius 3 is 2.76 bits per heavy atom. The molecule has 0 saturated carbocycles. The van der Waals surface area contributed by atoms with Crippen LogP contribution in [0.5, 0.6) is 0 Å². The van der Waals surface area contributed by atoms with Crippen molar-refractivity contribution in [1.29, 1.82) is 0 Å². The normalized spacial score (nSPS) is 21.1. The van der Waals surface area contributed by atoms with Gasteiger partial charge in [0.25, 0.3) is 0 Å². The highest BCUT2D eigenvalue weighted by Gasteiger charge is 2.27. The van der Waals surface area contributed by atoms with Crippen LogP contribution in [0.15, 0.2) is 36.5 Å². The summed E-state index contributed by atoms with van der Waals surface area (Å²) in [6, 6.07) is 11.2. The molecule has 29 heavy (non-hydrogen) atoms. The summed E-state index contributed by atoms with van der Waals surface area (Å²) in [5, 5.41) is 9.05. The van der Waals surface area contributed by atoms with Crippen LogP contribution in [0.2, 0.25) is 5.02 Å². The number of rotatable bonds is 4. The van der Waals surface area contributed by atoms with Crippen molar-refractivity contribution in [2.75, 3.05) is 29.9 Å². The smallest absolute Gasteiger partial charge is 0.151 e. The Morgan fingerprint density at radius 1 is 1.17 bits per heavy atom. The zero-order valence-corrected chi connectivity index (χ0v) is 18.2. The molecule has 2 aliphatic rings. The van der Waals surface area contributed by atoms with Crippen molar-refractivity contribution in [3.63, 3.8) is 0 Å². The number of halogens is 1. The number of thioether (sulfide) groups is 1. The molecule has 5 nitrogen and oxygen atoms in total. The van der Waals surface area contributed by atoms with Gasteiger partial charge in [0.15, 0.2) is 5.65 Å². The number of anilines is 1. The Balaban J connectivity index is 1.40. The Kier molecular flexibility index (Phi) is 5.46. The lowest BCUT2D eigenvalue weighted by Crippen LogP contribution is -2.44. The van der Waals surface area contributed by atoms with Crippen LogP contribution in [-0.2, 0) is 0 Å². The van der Waals surface area contributed by atoms with E-state index in [-0.39, 0.29) is 0 Å². The number of likely N-dealkylation sites (tertiary alicyclic amines) is 1. The van der Waals surface area contributed by atoms with E-state index in [2.05, 4.69) is 33.1 Å². The second-order valence-electron chi connectivity index (χ2n) is 8.04. The Bertz CT molecular complexity index is 1010. The van der Waals surface area contributed by atoms with E-state index in [1.807, 2.05) is 42.8 Å². The maximum absolute atomic E-state index is 6.46. The summed E-state index contributed by atoms with van der Waals surface area (Å²) in [4.78, 5) is 7.54. The molecule has 0 radical (unpaired) electrons. The predicted molar refractivity (Wildman–Crippen MR) is 126 cm³/mol. The summed E-state index contributed by atoms with van der Waals surface area (Å²) in [6.07, 6.45) is 5.55. The standard InChI is InChI=1S/C21H25BClN5S/c22-17-12-24-28-20(11-19(26-21(17)28)16-3-1-2-4-18(16)23)25-14-5-8-27(9-6-14)15-7-10-29-13-15/h1-4,11-12,14-15,25H,5-10,13,22H2. The van der Waals surface area contributed by atoms with Crippen LogP contribution in [0.25, 0.3) is 16.9 Å². The fraction of sp³-hybridized carbons (Fsp3) is 0.429. The lowest BCUT2D eigenvalue weighted by atomic mass is 10.0. The number of nitrogens with zero attached hydrogens (tertiary/aromatic N) is 4. The van der Waals surface area contributed by atoms with E-state index in [9.17, 15) is 0 Å². The molecule has 2 fully saturated rings. The molecule has 1 aromatic carbocycles. The van der Waals surface area contributed by atoms with Gasteiger partial charge in [0, 0.05) is 53.8 Å². The number of hydrogen-bond acceptors (Lipinski definition) is 5. The van der Waals surface area contributed by atoms with Gasteiger partial charge < -0.3 is 5.32 Å². The first kappa shape index (κ1) is 19.3. The van der Waals surface area contributed by atoms with Gasteiger partial charge in [0.2, 0.25) is 0 Å². The van der Waals surface area contributed by atoms with Gasteiger partial charge in [-0.1, -0.05) is 29.8 Å².